The minimum atomic E-state index is -1.09. The van der Waals surface area contributed by atoms with Crippen molar-refractivity contribution in [1.29, 1.82) is 0 Å². The van der Waals surface area contributed by atoms with Gasteiger partial charge in [0.2, 0.25) is 0 Å². The molecule has 0 atom stereocenters. The third kappa shape index (κ3) is 2.76. The second-order valence-electron chi connectivity index (χ2n) is 4.09. The summed E-state index contributed by atoms with van der Waals surface area (Å²) < 4.78 is 5.30. The molecular formula is C11H12N4O5. The van der Waals surface area contributed by atoms with E-state index in [2.05, 4.69) is 10.2 Å². The Morgan fingerprint density at radius 1 is 1.60 bits per heavy atom. The lowest BCUT2D eigenvalue weighted by atomic mass is 10.2. The highest BCUT2D eigenvalue weighted by Crippen LogP contribution is 2.31. The van der Waals surface area contributed by atoms with Gasteiger partial charge in [-0.25, -0.2) is 4.79 Å². The Kier molecular flexibility index (Phi) is 3.69. The number of hydrogen-bond acceptors (Lipinski definition) is 5. The number of fused-ring (bicyclic) bond motifs is 1. The number of hydrogen-bond donors (Lipinski definition) is 2. The smallest absolute Gasteiger partial charge is 0.407 e. The van der Waals surface area contributed by atoms with Gasteiger partial charge in [-0.2, -0.15) is 5.10 Å². The summed E-state index contributed by atoms with van der Waals surface area (Å²) in [6.45, 7) is 0.122. The summed E-state index contributed by atoms with van der Waals surface area (Å²) in [4.78, 5) is 22.1. The van der Waals surface area contributed by atoms with Crippen LogP contribution in [0.3, 0.4) is 0 Å². The Morgan fingerprint density at radius 2 is 2.35 bits per heavy atom. The number of likely N-dealkylation sites (N-methyl/N-ethyl adjacent to an activating group) is 1. The van der Waals surface area contributed by atoms with Gasteiger partial charge in [0.1, 0.15) is 6.61 Å². The quantitative estimate of drug-likeness (QED) is 0.631. The molecule has 0 fully saturated rings. The molecule has 0 saturated heterocycles. The van der Waals surface area contributed by atoms with E-state index in [1.165, 1.54) is 25.4 Å². The predicted molar refractivity (Wildman–Crippen MR) is 68.9 cm³/mol. The summed E-state index contributed by atoms with van der Waals surface area (Å²) in [5, 5.41) is 26.7. The first-order valence-corrected chi connectivity index (χ1v) is 5.67. The summed E-state index contributed by atoms with van der Waals surface area (Å²) in [5.41, 5.74) is 0.425. The normalized spacial score (nSPS) is 10.4. The highest BCUT2D eigenvalue weighted by Gasteiger charge is 2.17. The van der Waals surface area contributed by atoms with Crippen LogP contribution >= 0.6 is 0 Å². The molecule has 9 heteroatoms. The van der Waals surface area contributed by atoms with Crippen LogP contribution < -0.4 is 4.74 Å². The molecule has 0 spiro atoms. The Balaban J connectivity index is 2.17. The standard InChI is InChI=1S/C11H12N4O5/c1-14(11(16)17)2-3-20-10-5-8-7(6-12-13-8)4-9(10)15(18)19/h4-6H,2-3H2,1H3,(H,12,13)(H,16,17). The van der Waals surface area contributed by atoms with Gasteiger partial charge in [0.15, 0.2) is 5.75 Å². The van der Waals surface area contributed by atoms with Crippen LogP contribution in [0, 0.1) is 10.1 Å². The molecule has 0 bridgehead atoms. The van der Waals surface area contributed by atoms with Crippen LogP contribution in [0.5, 0.6) is 5.75 Å². The van der Waals surface area contributed by atoms with Gasteiger partial charge in [0, 0.05) is 24.6 Å². The van der Waals surface area contributed by atoms with Crippen LogP contribution in [0.15, 0.2) is 18.3 Å². The second-order valence-corrected chi connectivity index (χ2v) is 4.09. The molecule has 0 aliphatic rings. The molecule has 1 aromatic heterocycles. The number of nitrogens with one attached hydrogen (secondary N) is 1. The van der Waals surface area contributed by atoms with Crippen molar-refractivity contribution in [2.75, 3.05) is 20.2 Å². The predicted octanol–water partition coefficient (Wildman–Crippen LogP) is 1.46. The van der Waals surface area contributed by atoms with Crippen LogP contribution in [0.1, 0.15) is 0 Å². The minimum absolute atomic E-state index is 0.0171. The van der Waals surface area contributed by atoms with Gasteiger partial charge >= 0.3 is 11.8 Å². The average Bonchev–Trinajstić information content (AvgIpc) is 2.84. The Bertz CT molecular complexity index is 653. The van der Waals surface area contributed by atoms with Crippen molar-refractivity contribution < 1.29 is 19.6 Å². The number of carboxylic acid groups (broad SMARTS) is 1. The van der Waals surface area contributed by atoms with Crippen molar-refractivity contribution in [3.8, 4) is 5.75 Å². The summed E-state index contributed by atoms with van der Waals surface area (Å²) in [6.07, 6.45) is 0.386. The molecule has 1 amide bonds. The molecular weight excluding hydrogens is 268 g/mol. The van der Waals surface area contributed by atoms with Crippen molar-refractivity contribution >= 4 is 22.7 Å². The summed E-state index contributed by atoms with van der Waals surface area (Å²) >= 11 is 0. The first-order chi connectivity index (χ1) is 9.49. The molecule has 1 heterocycles. The molecule has 2 rings (SSSR count). The average molecular weight is 280 g/mol. The molecule has 2 N–H and O–H groups in total. The highest BCUT2D eigenvalue weighted by atomic mass is 16.6. The lowest BCUT2D eigenvalue weighted by Crippen LogP contribution is -2.29. The molecule has 106 valence electrons. The molecule has 0 radical (unpaired) electrons. The minimum Gasteiger partial charge on any atom is -0.485 e. The number of aromatic amines is 1. The maximum absolute atomic E-state index is 11.0. The van der Waals surface area contributed by atoms with Crippen LogP contribution in [0.2, 0.25) is 0 Å². The fraction of sp³-hybridized carbons (Fsp3) is 0.273. The zero-order valence-electron chi connectivity index (χ0n) is 10.6. The van der Waals surface area contributed by atoms with Gasteiger partial charge < -0.3 is 14.7 Å². The monoisotopic (exact) mass is 280 g/mol. The summed E-state index contributed by atoms with van der Waals surface area (Å²) in [5.74, 6) is 0.0746. The second kappa shape index (κ2) is 5.43. The molecule has 0 saturated carbocycles. The van der Waals surface area contributed by atoms with Gasteiger partial charge in [-0.1, -0.05) is 0 Å². The van der Waals surface area contributed by atoms with Crippen molar-refractivity contribution in [3.63, 3.8) is 0 Å². The van der Waals surface area contributed by atoms with Gasteiger partial charge in [-0.3, -0.25) is 15.2 Å². The maximum Gasteiger partial charge on any atom is 0.407 e. The molecule has 2 aromatic rings. The van der Waals surface area contributed by atoms with Gasteiger partial charge in [-0.15, -0.1) is 0 Å². The number of benzene rings is 1. The van der Waals surface area contributed by atoms with E-state index < -0.39 is 11.0 Å². The molecule has 1 aromatic carbocycles. The third-order valence-electron chi connectivity index (χ3n) is 2.73. The number of nitrogens with zero attached hydrogens (tertiary/aromatic N) is 3. The highest BCUT2D eigenvalue weighted by molar-refractivity contribution is 5.83. The first-order valence-electron chi connectivity index (χ1n) is 5.67. The Morgan fingerprint density at radius 3 is 3.00 bits per heavy atom. The fourth-order valence-electron chi connectivity index (χ4n) is 1.61. The van der Waals surface area contributed by atoms with E-state index in [1.54, 1.807) is 0 Å². The van der Waals surface area contributed by atoms with E-state index >= 15 is 0 Å². The number of nitro benzene ring substituents is 1. The zero-order valence-corrected chi connectivity index (χ0v) is 10.6. The topological polar surface area (TPSA) is 122 Å². The Labute approximate surface area is 112 Å². The van der Waals surface area contributed by atoms with E-state index in [-0.39, 0.29) is 24.6 Å². The number of amides is 1. The summed E-state index contributed by atoms with van der Waals surface area (Å²) in [7, 11) is 1.39. The number of aromatic nitrogens is 2. The SMILES string of the molecule is CN(CCOc1cc2[nH]ncc2cc1[N+](=O)[O-])C(=O)O. The molecule has 20 heavy (non-hydrogen) atoms. The van der Waals surface area contributed by atoms with E-state index in [0.29, 0.717) is 10.9 Å². The van der Waals surface area contributed by atoms with Gasteiger partial charge in [-0.05, 0) is 0 Å². The maximum atomic E-state index is 11.0. The third-order valence-corrected chi connectivity index (χ3v) is 2.73. The zero-order chi connectivity index (χ0) is 14.7. The van der Waals surface area contributed by atoms with Crippen molar-refractivity contribution in [1.82, 2.24) is 15.1 Å². The number of nitro groups is 1. The lowest BCUT2D eigenvalue weighted by Gasteiger charge is -2.13. The van der Waals surface area contributed by atoms with Crippen LogP contribution in [0.25, 0.3) is 10.9 Å². The molecule has 0 aliphatic heterocycles. The van der Waals surface area contributed by atoms with Gasteiger partial charge in [0.25, 0.3) is 0 Å². The van der Waals surface area contributed by atoms with Crippen molar-refractivity contribution in [2.45, 2.75) is 0 Å². The Hall–Kier alpha value is -2.84. The number of rotatable bonds is 5. The van der Waals surface area contributed by atoms with Crippen LogP contribution in [0.4, 0.5) is 10.5 Å². The van der Waals surface area contributed by atoms with E-state index in [4.69, 9.17) is 9.84 Å². The molecule has 0 unspecified atom stereocenters. The van der Waals surface area contributed by atoms with E-state index in [1.807, 2.05) is 0 Å². The number of H-pyrrole nitrogens is 1. The number of ether oxygens (including phenoxy) is 1. The lowest BCUT2D eigenvalue weighted by molar-refractivity contribution is -0.385. The van der Waals surface area contributed by atoms with Crippen molar-refractivity contribution in [3.05, 3.63) is 28.4 Å². The summed E-state index contributed by atoms with van der Waals surface area (Å²) in [6, 6.07) is 2.83. The van der Waals surface area contributed by atoms with E-state index in [9.17, 15) is 14.9 Å². The molecule has 9 nitrogen and oxygen atoms in total. The number of carbonyl (C=O) groups is 1. The van der Waals surface area contributed by atoms with Crippen molar-refractivity contribution in [2.24, 2.45) is 0 Å². The molecule has 0 aliphatic carbocycles. The van der Waals surface area contributed by atoms with E-state index in [0.717, 1.165) is 4.90 Å². The van der Waals surface area contributed by atoms with Crippen LogP contribution in [-0.2, 0) is 0 Å². The fourth-order valence-corrected chi connectivity index (χ4v) is 1.61. The van der Waals surface area contributed by atoms with Gasteiger partial charge in [0.05, 0.1) is 23.2 Å². The largest absolute Gasteiger partial charge is 0.485 e. The first kappa shape index (κ1) is 13.6. The van der Waals surface area contributed by atoms with Crippen LogP contribution in [-0.4, -0.2) is 51.4 Å².